The first-order valence-corrected chi connectivity index (χ1v) is 10.4. The minimum Gasteiger partial charge on any atom is -0.457 e. The van der Waals surface area contributed by atoms with Crippen molar-refractivity contribution in [2.24, 2.45) is 17.3 Å². The van der Waals surface area contributed by atoms with Gasteiger partial charge in [-0.05, 0) is 67.5 Å². The second-order valence-electron chi connectivity index (χ2n) is 7.21. The summed E-state index contributed by atoms with van der Waals surface area (Å²) in [5, 5.41) is 9.56. The van der Waals surface area contributed by atoms with Crippen LogP contribution in [0.4, 0.5) is 0 Å². The molecule has 0 aromatic heterocycles. The van der Waals surface area contributed by atoms with Gasteiger partial charge in [-0.3, -0.25) is 4.79 Å². The topological polar surface area (TPSA) is 59.3 Å². The number of rotatable bonds is 6. The fourth-order valence-corrected chi connectivity index (χ4v) is 3.87. The largest absolute Gasteiger partial charge is 0.457 e. The van der Waals surface area contributed by atoms with Crippen molar-refractivity contribution < 1.29 is 14.3 Å². The number of esters is 1. The fraction of sp³-hybridized carbons (Fsp3) is 0.273. The van der Waals surface area contributed by atoms with Crippen LogP contribution >= 0.6 is 31.9 Å². The smallest absolute Gasteiger partial charge is 0.311 e. The van der Waals surface area contributed by atoms with E-state index in [9.17, 15) is 10.1 Å². The number of nitriles is 1. The molecule has 0 saturated heterocycles. The average Bonchev–Trinajstić information content (AvgIpc) is 3.20. The normalized spacial score (nSPS) is 20.4. The molecule has 1 fully saturated rings. The highest BCUT2D eigenvalue weighted by molar-refractivity contribution is 9.28. The Hall–Kier alpha value is -2.10. The van der Waals surface area contributed by atoms with E-state index in [-0.39, 0.29) is 23.2 Å². The Morgan fingerprint density at radius 3 is 2.46 bits per heavy atom. The van der Waals surface area contributed by atoms with Gasteiger partial charge in [-0.25, -0.2) is 0 Å². The first-order chi connectivity index (χ1) is 13.3. The molecule has 0 N–H and O–H groups in total. The lowest BCUT2D eigenvalue weighted by atomic mass is 10.1. The van der Waals surface area contributed by atoms with E-state index in [2.05, 4.69) is 37.9 Å². The molecule has 0 heterocycles. The summed E-state index contributed by atoms with van der Waals surface area (Å²) in [5.41, 5.74) is 0.374. The summed E-state index contributed by atoms with van der Waals surface area (Å²) in [5.74, 6) is 0.683. The van der Waals surface area contributed by atoms with Crippen molar-refractivity contribution >= 4 is 37.8 Å². The van der Waals surface area contributed by atoms with Gasteiger partial charge in [0.15, 0.2) is 0 Å². The zero-order chi connectivity index (χ0) is 20.3. The molecule has 0 bridgehead atoms. The zero-order valence-corrected chi connectivity index (χ0v) is 18.6. The van der Waals surface area contributed by atoms with Gasteiger partial charge >= 0.3 is 5.97 Å². The summed E-state index contributed by atoms with van der Waals surface area (Å²) in [4.78, 5) is 12.7. The van der Waals surface area contributed by atoms with E-state index in [1.54, 1.807) is 24.3 Å². The molecular weight excluding hydrogens is 486 g/mol. The Bertz CT molecular complexity index is 930. The van der Waals surface area contributed by atoms with Gasteiger partial charge in [0.25, 0.3) is 0 Å². The van der Waals surface area contributed by atoms with Gasteiger partial charge in [-0.15, -0.1) is 0 Å². The van der Waals surface area contributed by atoms with Gasteiger partial charge in [-0.1, -0.05) is 50.3 Å². The molecule has 2 aromatic rings. The van der Waals surface area contributed by atoms with Crippen LogP contribution < -0.4 is 4.74 Å². The van der Waals surface area contributed by atoms with E-state index >= 15 is 0 Å². The molecule has 3 atom stereocenters. The molecule has 1 aliphatic carbocycles. The lowest BCUT2D eigenvalue weighted by molar-refractivity contribution is -0.149. The Balaban J connectivity index is 1.72. The Morgan fingerprint density at radius 1 is 1.14 bits per heavy atom. The van der Waals surface area contributed by atoms with Gasteiger partial charge in [0.05, 0.1) is 9.31 Å². The number of halogens is 2. The van der Waals surface area contributed by atoms with E-state index in [0.717, 1.165) is 3.39 Å². The number of ether oxygens (including phenoxy) is 2. The van der Waals surface area contributed by atoms with Crippen molar-refractivity contribution in [2.75, 3.05) is 0 Å². The minimum atomic E-state index is -0.986. The first-order valence-electron chi connectivity index (χ1n) is 8.78. The van der Waals surface area contributed by atoms with Crippen molar-refractivity contribution in [1.29, 1.82) is 5.26 Å². The SMILES string of the molecule is CC1(C)C(C=C(Br)Br)C1C(=O)O[C@H](C#N)c1cccc(Oc2ccccc2)c1. The van der Waals surface area contributed by atoms with Crippen molar-refractivity contribution in [3.8, 4) is 17.6 Å². The molecule has 0 aliphatic heterocycles. The van der Waals surface area contributed by atoms with Crippen molar-refractivity contribution in [1.82, 2.24) is 0 Å². The van der Waals surface area contributed by atoms with Gasteiger partial charge in [0, 0.05) is 5.56 Å². The van der Waals surface area contributed by atoms with Crippen LogP contribution in [-0.2, 0) is 9.53 Å². The summed E-state index contributed by atoms with van der Waals surface area (Å²) in [6.45, 7) is 4.03. The summed E-state index contributed by atoms with van der Waals surface area (Å²) >= 11 is 6.68. The van der Waals surface area contributed by atoms with Crippen molar-refractivity contribution in [2.45, 2.75) is 20.0 Å². The predicted molar refractivity (Wildman–Crippen MR) is 114 cm³/mol. The number of hydrogen-bond acceptors (Lipinski definition) is 4. The highest BCUT2D eigenvalue weighted by atomic mass is 79.9. The molecule has 2 aromatic carbocycles. The number of para-hydroxylation sites is 1. The third-order valence-corrected chi connectivity index (χ3v) is 5.49. The second kappa shape index (κ2) is 8.50. The van der Waals surface area contributed by atoms with E-state index < -0.39 is 6.10 Å². The van der Waals surface area contributed by atoms with Gasteiger partial charge in [-0.2, -0.15) is 5.26 Å². The number of hydrogen-bond donors (Lipinski definition) is 0. The maximum absolute atomic E-state index is 12.7. The number of carbonyl (C=O) groups is 1. The summed E-state index contributed by atoms with van der Waals surface area (Å²) < 4.78 is 12.2. The molecule has 0 spiro atoms. The molecule has 0 radical (unpaired) electrons. The zero-order valence-electron chi connectivity index (χ0n) is 15.4. The Kier molecular flexibility index (Phi) is 6.26. The van der Waals surface area contributed by atoms with E-state index in [0.29, 0.717) is 17.1 Å². The number of nitrogens with zero attached hydrogens (tertiary/aromatic N) is 1. The molecular formula is C22H19Br2NO3. The molecule has 144 valence electrons. The van der Waals surface area contributed by atoms with E-state index in [4.69, 9.17) is 9.47 Å². The molecule has 28 heavy (non-hydrogen) atoms. The molecule has 3 rings (SSSR count). The minimum absolute atomic E-state index is 0.0563. The highest BCUT2D eigenvalue weighted by Gasteiger charge is 2.61. The Labute approximate surface area is 181 Å². The lowest BCUT2D eigenvalue weighted by Crippen LogP contribution is -2.14. The van der Waals surface area contributed by atoms with E-state index in [1.807, 2.05) is 50.3 Å². The Morgan fingerprint density at radius 2 is 1.82 bits per heavy atom. The lowest BCUT2D eigenvalue weighted by Gasteiger charge is -2.13. The van der Waals surface area contributed by atoms with Crippen molar-refractivity contribution in [3.05, 3.63) is 69.6 Å². The molecule has 1 saturated carbocycles. The highest BCUT2D eigenvalue weighted by Crippen LogP contribution is 2.60. The van der Waals surface area contributed by atoms with Crippen LogP contribution in [0.2, 0.25) is 0 Å². The molecule has 0 amide bonds. The quantitative estimate of drug-likeness (QED) is 0.422. The van der Waals surface area contributed by atoms with Gasteiger partial charge in [0.2, 0.25) is 6.10 Å². The van der Waals surface area contributed by atoms with Crippen LogP contribution in [0.5, 0.6) is 11.5 Å². The molecule has 4 nitrogen and oxygen atoms in total. The van der Waals surface area contributed by atoms with Crippen molar-refractivity contribution in [3.63, 3.8) is 0 Å². The third-order valence-electron chi connectivity index (χ3n) is 4.96. The van der Waals surface area contributed by atoms with Crippen LogP contribution in [0, 0.1) is 28.6 Å². The second-order valence-corrected chi connectivity index (χ2v) is 9.99. The average molecular weight is 505 g/mol. The molecule has 1 aliphatic rings. The van der Waals surface area contributed by atoms with Crippen LogP contribution in [-0.4, -0.2) is 5.97 Å². The summed E-state index contributed by atoms with van der Waals surface area (Å²) in [6, 6.07) is 18.5. The van der Waals surface area contributed by atoms with Gasteiger partial charge in [0.1, 0.15) is 17.6 Å². The van der Waals surface area contributed by atoms with E-state index in [1.165, 1.54) is 0 Å². The maximum atomic E-state index is 12.7. The van der Waals surface area contributed by atoms with Gasteiger partial charge < -0.3 is 9.47 Å². The summed E-state index contributed by atoms with van der Waals surface area (Å²) in [7, 11) is 0. The number of carbonyl (C=O) groups excluding carboxylic acids is 1. The van der Waals surface area contributed by atoms with Crippen LogP contribution in [0.3, 0.4) is 0 Å². The van der Waals surface area contributed by atoms with Crippen LogP contribution in [0.1, 0.15) is 25.5 Å². The first kappa shape index (κ1) is 20.6. The monoisotopic (exact) mass is 503 g/mol. The third kappa shape index (κ3) is 4.65. The van der Waals surface area contributed by atoms with Crippen LogP contribution in [0.15, 0.2) is 64.1 Å². The molecule has 2 unspecified atom stereocenters. The standard InChI is InChI=1S/C22H19Br2NO3/c1-22(2)17(12-19(23)24)20(22)21(26)28-18(13-25)14-7-6-10-16(11-14)27-15-8-4-3-5-9-15/h3-12,17-18,20H,1-2H3/t17?,18-,20?/m1/s1. The fourth-order valence-electron chi connectivity index (χ4n) is 3.30. The number of benzene rings is 2. The molecule has 6 heteroatoms. The predicted octanol–water partition coefficient (Wildman–Crippen LogP) is 6.49. The van der Waals surface area contributed by atoms with Crippen LogP contribution in [0.25, 0.3) is 0 Å². The number of allylic oxidation sites excluding steroid dienone is 1. The maximum Gasteiger partial charge on any atom is 0.311 e. The summed E-state index contributed by atoms with van der Waals surface area (Å²) in [6.07, 6.45) is 0.960.